The lowest BCUT2D eigenvalue weighted by Crippen LogP contribution is -2.27. The third-order valence-electron chi connectivity index (χ3n) is 3.57. The number of hydrogen-bond acceptors (Lipinski definition) is 6. The van der Waals surface area contributed by atoms with Gasteiger partial charge in [-0.05, 0) is 31.2 Å². The molecule has 0 saturated heterocycles. The van der Waals surface area contributed by atoms with E-state index in [1.165, 1.54) is 13.0 Å². The maximum atomic E-state index is 12.0. The van der Waals surface area contributed by atoms with Crippen LogP contribution in [0.4, 0.5) is 0 Å². The summed E-state index contributed by atoms with van der Waals surface area (Å²) >= 11 is 0. The van der Waals surface area contributed by atoms with Crippen LogP contribution in [0.5, 0.6) is 0 Å². The molecular weight excluding hydrogens is 346 g/mol. The SMILES string of the molecule is C[C@H](N=C1NS(=O)(=O)c2ccccc21)C(=O)OCC(=O)c1ccc[nH]1. The number of rotatable bonds is 5. The molecule has 1 aliphatic rings. The van der Waals surface area contributed by atoms with Crippen molar-refractivity contribution < 1.29 is 22.7 Å². The van der Waals surface area contributed by atoms with Gasteiger partial charge >= 0.3 is 5.97 Å². The van der Waals surface area contributed by atoms with Crippen LogP contribution in [-0.2, 0) is 19.6 Å². The molecule has 8 nitrogen and oxygen atoms in total. The molecule has 9 heteroatoms. The number of H-pyrrole nitrogens is 1. The fraction of sp³-hybridized carbons (Fsp3) is 0.188. The number of benzene rings is 1. The van der Waals surface area contributed by atoms with E-state index in [1.54, 1.807) is 36.5 Å². The van der Waals surface area contributed by atoms with Crippen LogP contribution >= 0.6 is 0 Å². The minimum absolute atomic E-state index is 0.0794. The number of amidine groups is 1. The van der Waals surface area contributed by atoms with E-state index < -0.39 is 28.6 Å². The molecule has 25 heavy (non-hydrogen) atoms. The molecule has 0 bridgehead atoms. The molecule has 1 aromatic carbocycles. The van der Waals surface area contributed by atoms with E-state index in [0.717, 1.165) is 0 Å². The summed E-state index contributed by atoms with van der Waals surface area (Å²) in [6.07, 6.45) is 1.59. The number of hydrogen-bond donors (Lipinski definition) is 2. The monoisotopic (exact) mass is 361 g/mol. The molecule has 3 rings (SSSR count). The van der Waals surface area contributed by atoms with E-state index in [1.807, 2.05) is 0 Å². The zero-order valence-corrected chi connectivity index (χ0v) is 14.0. The van der Waals surface area contributed by atoms with E-state index in [9.17, 15) is 18.0 Å². The molecule has 2 aromatic rings. The Morgan fingerprint density at radius 1 is 1.20 bits per heavy atom. The van der Waals surface area contributed by atoms with Crippen molar-refractivity contribution in [1.82, 2.24) is 9.71 Å². The number of esters is 1. The van der Waals surface area contributed by atoms with Gasteiger partial charge in [-0.15, -0.1) is 0 Å². The number of aromatic nitrogens is 1. The molecular formula is C16H15N3O5S. The van der Waals surface area contributed by atoms with Crippen LogP contribution in [0.3, 0.4) is 0 Å². The second-order valence-corrected chi connectivity index (χ2v) is 7.02. The summed E-state index contributed by atoms with van der Waals surface area (Å²) in [7, 11) is -3.67. The maximum absolute atomic E-state index is 12.0. The summed E-state index contributed by atoms with van der Waals surface area (Å²) in [5.41, 5.74) is 0.730. The minimum atomic E-state index is -3.67. The number of Topliss-reactive ketones (excluding diaryl/α,β-unsaturated/α-hetero) is 1. The van der Waals surface area contributed by atoms with Crippen molar-refractivity contribution >= 4 is 27.6 Å². The molecule has 2 N–H and O–H groups in total. The first-order valence-electron chi connectivity index (χ1n) is 7.42. The van der Waals surface area contributed by atoms with Crippen molar-refractivity contribution in [3.05, 3.63) is 53.9 Å². The van der Waals surface area contributed by atoms with E-state index >= 15 is 0 Å². The Labute approximate surface area is 144 Å². The fourth-order valence-electron chi connectivity index (χ4n) is 2.31. The topological polar surface area (TPSA) is 118 Å². The van der Waals surface area contributed by atoms with Crippen molar-refractivity contribution in [3.63, 3.8) is 0 Å². The number of carbonyl (C=O) groups excluding carboxylic acids is 2. The molecule has 2 heterocycles. The average molecular weight is 361 g/mol. The smallest absolute Gasteiger partial charge is 0.331 e. The van der Waals surface area contributed by atoms with Crippen LogP contribution in [-0.4, -0.2) is 43.6 Å². The van der Waals surface area contributed by atoms with E-state index in [4.69, 9.17) is 4.74 Å². The van der Waals surface area contributed by atoms with Crippen LogP contribution < -0.4 is 4.72 Å². The standard InChI is InChI=1S/C16H15N3O5S/c1-10(16(21)24-9-13(20)12-6-4-8-17-12)18-15-11-5-2-3-7-14(11)25(22,23)19-15/h2-8,10,17H,9H2,1H3,(H,18,19)/t10-/m0/s1. The highest BCUT2D eigenvalue weighted by atomic mass is 32.2. The third kappa shape index (κ3) is 3.45. The van der Waals surface area contributed by atoms with Gasteiger partial charge in [0.2, 0.25) is 5.78 Å². The van der Waals surface area contributed by atoms with Gasteiger partial charge in [-0.3, -0.25) is 14.5 Å². The highest BCUT2D eigenvalue weighted by Gasteiger charge is 2.31. The fourth-order valence-corrected chi connectivity index (χ4v) is 3.55. The summed E-state index contributed by atoms with van der Waals surface area (Å²) in [6, 6.07) is 8.59. The highest BCUT2D eigenvalue weighted by molar-refractivity contribution is 7.90. The van der Waals surface area contributed by atoms with Gasteiger partial charge < -0.3 is 9.72 Å². The minimum Gasteiger partial charge on any atom is -0.456 e. The number of carbonyl (C=O) groups is 2. The second-order valence-electron chi connectivity index (χ2n) is 5.37. The van der Waals surface area contributed by atoms with Crippen LogP contribution in [0.15, 0.2) is 52.5 Å². The van der Waals surface area contributed by atoms with E-state index in [0.29, 0.717) is 11.3 Å². The zero-order valence-electron chi connectivity index (χ0n) is 13.2. The Balaban J connectivity index is 1.69. The molecule has 0 spiro atoms. The summed E-state index contributed by atoms with van der Waals surface area (Å²) in [5.74, 6) is -1.02. The second kappa shape index (κ2) is 6.52. The Hall–Kier alpha value is -2.94. The number of ketones is 1. The number of sulfonamides is 1. The molecule has 0 aliphatic carbocycles. The lowest BCUT2D eigenvalue weighted by Gasteiger charge is -2.08. The molecule has 0 saturated carbocycles. The number of ether oxygens (including phenoxy) is 1. The summed E-state index contributed by atoms with van der Waals surface area (Å²) in [4.78, 5) is 30.7. The van der Waals surface area contributed by atoms with Crippen molar-refractivity contribution in [1.29, 1.82) is 0 Å². The molecule has 130 valence electrons. The van der Waals surface area contributed by atoms with Crippen molar-refractivity contribution in [2.24, 2.45) is 4.99 Å². The van der Waals surface area contributed by atoms with E-state index in [2.05, 4.69) is 14.7 Å². The number of aromatic amines is 1. The van der Waals surface area contributed by atoms with Gasteiger partial charge in [-0.25, -0.2) is 13.2 Å². The van der Waals surface area contributed by atoms with Crippen LogP contribution in [0, 0.1) is 0 Å². The molecule has 1 atom stereocenters. The van der Waals surface area contributed by atoms with Crippen LogP contribution in [0.25, 0.3) is 0 Å². The quantitative estimate of drug-likeness (QED) is 0.605. The molecule has 0 radical (unpaired) electrons. The van der Waals surface area contributed by atoms with Crippen LogP contribution in [0.2, 0.25) is 0 Å². The Kier molecular flexibility index (Phi) is 4.41. The first-order chi connectivity index (χ1) is 11.9. The Morgan fingerprint density at radius 2 is 1.96 bits per heavy atom. The van der Waals surface area contributed by atoms with Crippen molar-refractivity contribution in [2.75, 3.05) is 6.61 Å². The van der Waals surface area contributed by atoms with E-state index in [-0.39, 0.29) is 16.5 Å². The predicted octanol–water partition coefficient (Wildman–Crippen LogP) is 0.868. The van der Waals surface area contributed by atoms with Crippen LogP contribution in [0.1, 0.15) is 23.0 Å². The number of aliphatic imine (C=N–C) groups is 1. The van der Waals surface area contributed by atoms with Crippen molar-refractivity contribution in [3.8, 4) is 0 Å². The highest BCUT2D eigenvalue weighted by Crippen LogP contribution is 2.22. The van der Waals surface area contributed by atoms with Gasteiger partial charge in [-0.2, -0.15) is 0 Å². The van der Waals surface area contributed by atoms with Gasteiger partial charge in [0.05, 0.1) is 10.6 Å². The zero-order chi connectivity index (χ0) is 18.0. The summed E-state index contributed by atoms with van der Waals surface area (Å²) in [6.45, 7) is 1.04. The van der Waals surface area contributed by atoms with Gasteiger partial charge in [0.15, 0.2) is 6.61 Å². The molecule has 1 aromatic heterocycles. The first-order valence-corrected chi connectivity index (χ1v) is 8.90. The Bertz CT molecular complexity index is 948. The van der Waals surface area contributed by atoms with Gasteiger partial charge in [-0.1, -0.05) is 12.1 Å². The third-order valence-corrected chi connectivity index (χ3v) is 4.97. The van der Waals surface area contributed by atoms with Gasteiger partial charge in [0, 0.05) is 11.8 Å². The number of nitrogens with one attached hydrogen (secondary N) is 2. The summed E-state index contributed by atoms with van der Waals surface area (Å²) < 4.78 is 31.3. The lowest BCUT2D eigenvalue weighted by molar-refractivity contribution is -0.143. The maximum Gasteiger partial charge on any atom is 0.331 e. The predicted molar refractivity (Wildman–Crippen MR) is 88.8 cm³/mol. The Morgan fingerprint density at radius 3 is 2.68 bits per heavy atom. The average Bonchev–Trinajstić information content (AvgIpc) is 3.20. The first kappa shape index (κ1) is 16.9. The van der Waals surface area contributed by atoms with Gasteiger partial charge in [0.25, 0.3) is 10.0 Å². The largest absolute Gasteiger partial charge is 0.456 e. The summed E-state index contributed by atoms with van der Waals surface area (Å²) in [5, 5.41) is 0. The lowest BCUT2D eigenvalue weighted by atomic mass is 10.2. The van der Waals surface area contributed by atoms with Crippen molar-refractivity contribution in [2.45, 2.75) is 17.9 Å². The molecule has 0 amide bonds. The number of nitrogens with zero attached hydrogens (tertiary/aromatic N) is 1. The molecule has 0 fully saturated rings. The van der Waals surface area contributed by atoms with Gasteiger partial charge in [0.1, 0.15) is 11.9 Å². The number of fused-ring (bicyclic) bond motifs is 1. The normalized spacial score (nSPS) is 17.6. The molecule has 0 unspecified atom stereocenters. The molecule has 1 aliphatic heterocycles.